The molecule has 0 saturated heterocycles. The van der Waals surface area contributed by atoms with E-state index in [0.717, 1.165) is 22.6 Å². The molecule has 0 aromatic heterocycles. The van der Waals surface area contributed by atoms with Gasteiger partial charge in [0.1, 0.15) is 22.7 Å². The molecule has 0 aliphatic heterocycles. The van der Waals surface area contributed by atoms with Gasteiger partial charge in [-0.25, -0.2) is 8.78 Å². The van der Waals surface area contributed by atoms with Gasteiger partial charge in [-0.05, 0) is 72.5 Å². The van der Waals surface area contributed by atoms with Crippen LogP contribution >= 0.6 is 0 Å². The van der Waals surface area contributed by atoms with E-state index in [9.17, 15) is 0 Å². The predicted molar refractivity (Wildman–Crippen MR) is 224 cm³/mol. The molecule has 0 bridgehead atoms. The Morgan fingerprint density at radius 3 is 1.19 bits per heavy atom. The summed E-state index contributed by atoms with van der Waals surface area (Å²) in [5.41, 5.74) is 0.630. The Morgan fingerprint density at radius 1 is 0.526 bits per heavy atom. The number of para-hydroxylation sites is 2. The number of ether oxygens (including phenoxy) is 5. The van der Waals surface area contributed by atoms with Crippen LogP contribution in [0.25, 0.3) is 0 Å². The van der Waals surface area contributed by atoms with E-state index in [1.54, 1.807) is 24.3 Å². The fraction of sp³-hybridized carbons (Fsp3) is 0.360. The fourth-order valence-corrected chi connectivity index (χ4v) is 7.71. The van der Waals surface area contributed by atoms with Crippen LogP contribution < -0.4 is 9.47 Å². The van der Waals surface area contributed by atoms with Crippen molar-refractivity contribution in [1.29, 1.82) is 0 Å². The van der Waals surface area contributed by atoms with Crippen molar-refractivity contribution in [3.05, 3.63) is 180 Å². The van der Waals surface area contributed by atoms with Crippen molar-refractivity contribution in [2.24, 2.45) is 11.8 Å². The minimum Gasteiger partial charge on any atom is -0.493 e. The Morgan fingerprint density at radius 2 is 0.877 bits per heavy atom. The Kier molecular flexibility index (Phi) is 14.7. The second kappa shape index (κ2) is 20.0. The highest BCUT2D eigenvalue weighted by Gasteiger charge is 2.43. The van der Waals surface area contributed by atoms with Crippen molar-refractivity contribution in [1.82, 2.24) is 0 Å². The Labute approximate surface area is 337 Å². The van der Waals surface area contributed by atoms with Crippen LogP contribution in [0.4, 0.5) is 8.78 Å². The number of alkyl halides is 2. The molecule has 57 heavy (non-hydrogen) atoms. The van der Waals surface area contributed by atoms with Crippen LogP contribution in [0.2, 0.25) is 0 Å². The molecular formula is C50H56F2O5. The van der Waals surface area contributed by atoms with Crippen LogP contribution in [0.5, 0.6) is 11.5 Å². The number of hydrogen-bond acceptors (Lipinski definition) is 5. The molecule has 0 radical (unpaired) electrons. The van der Waals surface area contributed by atoms with Crippen molar-refractivity contribution < 1.29 is 32.5 Å². The molecular weight excluding hydrogens is 719 g/mol. The van der Waals surface area contributed by atoms with Gasteiger partial charge < -0.3 is 23.7 Å². The first kappa shape index (κ1) is 41.8. The molecule has 0 N–H and O–H groups in total. The minimum atomic E-state index is -1.37. The van der Waals surface area contributed by atoms with Crippen LogP contribution in [0.3, 0.4) is 0 Å². The first-order valence-electron chi connectivity index (χ1n) is 20.2. The highest BCUT2D eigenvalue weighted by molar-refractivity contribution is 5.38. The molecule has 4 aromatic rings. The fourth-order valence-electron chi connectivity index (χ4n) is 7.71. The van der Waals surface area contributed by atoms with E-state index < -0.39 is 35.8 Å². The summed E-state index contributed by atoms with van der Waals surface area (Å²) in [6.07, 6.45) is 8.73. The summed E-state index contributed by atoms with van der Waals surface area (Å²) in [7, 11) is 0. The summed E-state index contributed by atoms with van der Waals surface area (Å²) >= 11 is 0. The zero-order valence-electron chi connectivity index (χ0n) is 33.5. The Balaban J connectivity index is 1.32. The third kappa shape index (κ3) is 10.4. The van der Waals surface area contributed by atoms with Crippen molar-refractivity contribution in [2.75, 3.05) is 26.4 Å². The second-order valence-electron chi connectivity index (χ2n) is 15.0. The second-order valence-corrected chi connectivity index (χ2v) is 15.0. The van der Waals surface area contributed by atoms with E-state index >= 15 is 8.78 Å². The molecule has 2 aliphatic carbocycles. The van der Waals surface area contributed by atoms with Gasteiger partial charge in [0.15, 0.2) is 12.3 Å². The van der Waals surface area contributed by atoms with Crippen LogP contribution in [-0.2, 0) is 14.2 Å². The lowest BCUT2D eigenvalue weighted by atomic mass is 9.81. The summed E-state index contributed by atoms with van der Waals surface area (Å²) in [4.78, 5) is 0. The number of hydrogen-bond donors (Lipinski definition) is 0. The van der Waals surface area contributed by atoms with E-state index in [1.807, 2.05) is 135 Å². The zero-order chi connectivity index (χ0) is 40.1. The molecule has 0 fully saturated rings. The van der Waals surface area contributed by atoms with E-state index in [4.69, 9.17) is 23.7 Å². The highest BCUT2D eigenvalue weighted by atomic mass is 19.1. The maximum Gasteiger partial charge on any atom is 0.158 e. The normalized spacial score (nSPS) is 22.4. The highest BCUT2D eigenvalue weighted by Crippen LogP contribution is 2.43. The molecule has 0 spiro atoms. The zero-order valence-corrected chi connectivity index (χ0v) is 33.5. The molecule has 0 heterocycles. The largest absolute Gasteiger partial charge is 0.493 e. The smallest absolute Gasteiger partial charge is 0.158 e. The van der Waals surface area contributed by atoms with E-state index in [1.165, 1.54) is 0 Å². The molecule has 6 rings (SSSR count). The monoisotopic (exact) mass is 774 g/mol. The van der Waals surface area contributed by atoms with E-state index in [-0.39, 0.29) is 11.8 Å². The van der Waals surface area contributed by atoms with Crippen LogP contribution in [-0.4, -0.2) is 49.8 Å². The molecule has 8 unspecified atom stereocenters. The first-order chi connectivity index (χ1) is 27.8. The van der Waals surface area contributed by atoms with Gasteiger partial charge in [-0.15, -0.1) is 0 Å². The van der Waals surface area contributed by atoms with Crippen molar-refractivity contribution in [3.8, 4) is 11.5 Å². The van der Waals surface area contributed by atoms with Crippen LogP contribution in [0, 0.1) is 11.8 Å². The average Bonchev–Trinajstić information content (AvgIpc) is 3.27. The summed E-state index contributed by atoms with van der Waals surface area (Å²) in [6, 6.07) is 37.8. The maximum absolute atomic E-state index is 16.4. The van der Waals surface area contributed by atoms with Gasteiger partial charge in [-0.3, -0.25) is 0 Å². The van der Waals surface area contributed by atoms with Gasteiger partial charge >= 0.3 is 0 Å². The first-order valence-corrected chi connectivity index (χ1v) is 20.2. The van der Waals surface area contributed by atoms with Gasteiger partial charge in [-0.2, -0.15) is 0 Å². The molecule has 4 aromatic carbocycles. The van der Waals surface area contributed by atoms with E-state index in [0.29, 0.717) is 50.4 Å². The topological polar surface area (TPSA) is 46.2 Å². The van der Waals surface area contributed by atoms with Crippen molar-refractivity contribution in [2.45, 2.75) is 76.3 Å². The van der Waals surface area contributed by atoms with Gasteiger partial charge in [0.05, 0.1) is 25.4 Å². The maximum atomic E-state index is 16.4. The average molecular weight is 775 g/mol. The Hall–Kier alpha value is -4.82. The lowest BCUT2D eigenvalue weighted by Gasteiger charge is -2.40. The van der Waals surface area contributed by atoms with Gasteiger partial charge in [0.25, 0.3) is 0 Å². The molecule has 0 amide bonds. The molecule has 8 atom stereocenters. The van der Waals surface area contributed by atoms with Crippen molar-refractivity contribution >= 4 is 0 Å². The third-order valence-corrected chi connectivity index (χ3v) is 10.8. The number of benzene rings is 4. The molecule has 5 nitrogen and oxygen atoms in total. The van der Waals surface area contributed by atoms with Crippen molar-refractivity contribution in [3.63, 3.8) is 0 Å². The SMILES string of the molecule is CCOC1(C(F)c2ccccc2)C=CC(C(OC(C2=CCC(OCC)(C(F)c3ccccc3)C=C2)C(C)COc2ccccc2)C(C)COc2ccccc2)=CC1. The predicted octanol–water partition coefficient (Wildman–Crippen LogP) is 11.9. The minimum absolute atomic E-state index is 0.135. The van der Waals surface area contributed by atoms with Gasteiger partial charge in [-0.1, -0.05) is 135 Å². The number of halogens is 2. The summed E-state index contributed by atoms with van der Waals surface area (Å²) in [6.45, 7) is 9.45. The summed E-state index contributed by atoms with van der Waals surface area (Å²) in [5.74, 6) is 1.26. The van der Waals surface area contributed by atoms with Gasteiger partial charge in [0.2, 0.25) is 0 Å². The van der Waals surface area contributed by atoms with Crippen LogP contribution in [0.1, 0.15) is 64.0 Å². The molecule has 0 saturated carbocycles. The third-order valence-electron chi connectivity index (χ3n) is 10.8. The number of rotatable bonds is 20. The lowest BCUT2D eigenvalue weighted by molar-refractivity contribution is -0.0625. The Bertz CT molecular complexity index is 1790. The standard InChI is InChI=1S/C50H56F2O5/c1-5-55-49(47(51)41-19-11-7-12-20-41)31-27-39(28-32-49)45(37(3)35-53-43-23-15-9-16-24-43)57-46(38(4)36-54-44-25-17-10-18-26-44)40-29-33-50(34-30-40,56-6-2)48(52)42-21-13-8-14-22-42/h7-31,33,37-38,45-48H,5-6,32,34-36H2,1-4H3. The molecule has 7 heteroatoms. The van der Waals surface area contributed by atoms with E-state index in [2.05, 4.69) is 26.0 Å². The summed E-state index contributed by atoms with van der Waals surface area (Å²) < 4.78 is 65.1. The quantitative estimate of drug-likeness (QED) is 0.0895. The van der Waals surface area contributed by atoms with Gasteiger partial charge in [0, 0.05) is 37.9 Å². The molecule has 300 valence electrons. The molecule has 2 aliphatic rings. The van der Waals surface area contributed by atoms with Crippen LogP contribution in [0.15, 0.2) is 169 Å². The summed E-state index contributed by atoms with van der Waals surface area (Å²) in [5, 5.41) is 0. The lowest BCUT2D eigenvalue weighted by Crippen LogP contribution is -2.41.